The van der Waals surface area contributed by atoms with Gasteiger partial charge in [0.1, 0.15) is 0 Å². The molecule has 64 valence electrons. The Morgan fingerprint density at radius 3 is 2.83 bits per heavy atom. The van der Waals surface area contributed by atoms with Crippen LogP contribution >= 0.6 is 0 Å². The highest BCUT2D eigenvalue weighted by Gasteiger charge is 2.30. The molecule has 0 aliphatic carbocycles. The number of aromatic amines is 1. The van der Waals surface area contributed by atoms with E-state index in [-0.39, 0.29) is 12.0 Å². The Morgan fingerprint density at radius 1 is 1.58 bits per heavy atom. The minimum Gasteiger partial charge on any atom is -0.367 e. The molecule has 0 aromatic carbocycles. The molecular weight excluding hydrogens is 162 g/mol. The van der Waals surface area contributed by atoms with Gasteiger partial charge in [0.2, 0.25) is 0 Å². The van der Waals surface area contributed by atoms with Gasteiger partial charge >= 0.3 is 0 Å². The van der Waals surface area contributed by atoms with Crippen LogP contribution in [0.2, 0.25) is 0 Å². The highest BCUT2D eigenvalue weighted by atomic mass is 19.3. The SMILES string of the molecule is N#CCCC(F)(F)c1cc[nH]c1. The van der Waals surface area contributed by atoms with Crippen LogP contribution in [0.5, 0.6) is 0 Å². The normalized spacial score (nSPS) is 11.1. The number of nitrogens with zero attached hydrogens (tertiary/aromatic N) is 1. The van der Waals surface area contributed by atoms with Gasteiger partial charge in [-0.25, -0.2) is 8.78 Å². The second-order valence-electron chi connectivity index (χ2n) is 2.46. The summed E-state index contributed by atoms with van der Waals surface area (Å²) >= 11 is 0. The minimum atomic E-state index is -2.88. The standard InChI is InChI=1S/C8H8F2N2/c9-8(10,3-1-4-11)7-2-5-12-6-7/h2,5-6,12H,1,3H2. The van der Waals surface area contributed by atoms with Crippen molar-refractivity contribution in [2.75, 3.05) is 0 Å². The summed E-state index contributed by atoms with van der Waals surface area (Å²) in [6.07, 6.45) is 2.15. The molecule has 0 unspecified atom stereocenters. The van der Waals surface area contributed by atoms with Crippen LogP contribution in [0.3, 0.4) is 0 Å². The second kappa shape index (κ2) is 3.35. The van der Waals surface area contributed by atoms with Gasteiger partial charge in [0.05, 0.1) is 6.07 Å². The van der Waals surface area contributed by atoms with E-state index in [2.05, 4.69) is 4.98 Å². The van der Waals surface area contributed by atoms with Gasteiger partial charge in [-0.3, -0.25) is 0 Å². The Morgan fingerprint density at radius 2 is 2.33 bits per heavy atom. The number of H-pyrrole nitrogens is 1. The maximum absolute atomic E-state index is 13.0. The molecule has 1 N–H and O–H groups in total. The van der Waals surface area contributed by atoms with Crippen LogP contribution < -0.4 is 0 Å². The van der Waals surface area contributed by atoms with Gasteiger partial charge in [-0.15, -0.1) is 0 Å². The van der Waals surface area contributed by atoms with Crippen molar-refractivity contribution in [3.05, 3.63) is 24.0 Å². The van der Waals surface area contributed by atoms with Crippen LogP contribution in [0.4, 0.5) is 8.78 Å². The first-order chi connectivity index (χ1) is 5.67. The van der Waals surface area contributed by atoms with Gasteiger partial charge in [-0.1, -0.05) is 0 Å². The monoisotopic (exact) mass is 170 g/mol. The van der Waals surface area contributed by atoms with Crippen molar-refractivity contribution in [3.8, 4) is 6.07 Å². The van der Waals surface area contributed by atoms with Crippen LogP contribution in [0, 0.1) is 11.3 Å². The summed E-state index contributed by atoms with van der Waals surface area (Å²) in [6.45, 7) is 0. The third-order valence-electron chi connectivity index (χ3n) is 1.57. The van der Waals surface area contributed by atoms with E-state index < -0.39 is 12.3 Å². The van der Waals surface area contributed by atoms with Gasteiger partial charge in [-0.2, -0.15) is 5.26 Å². The number of halogens is 2. The molecule has 0 fully saturated rings. The Hall–Kier alpha value is -1.37. The van der Waals surface area contributed by atoms with Crippen molar-refractivity contribution < 1.29 is 8.78 Å². The third kappa shape index (κ3) is 1.82. The molecule has 0 bridgehead atoms. The molecule has 1 aromatic rings. The quantitative estimate of drug-likeness (QED) is 0.743. The van der Waals surface area contributed by atoms with E-state index in [1.165, 1.54) is 18.5 Å². The summed E-state index contributed by atoms with van der Waals surface area (Å²) in [4.78, 5) is 2.55. The number of nitriles is 1. The predicted octanol–water partition coefficient (Wildman–Crippen LogP) is 2.41. The Labute approximate surface area is 68.8 Å². The van der Waals surface area contributed by atoms with Crippen molar-refractivity contribution in [3.63, 3.8) is 0 Å². The van der Waals surface area contributed by atoms with Gasteiger partial charge in [-0.05, 0) is 6.07 Å². The number of rotatable bonds is 3. The van der Waals surface area contributed by atoms with Gasteiger partial charge in [0.15, 0.2) is 0 Å². The van der Waals surface area contributed by atoms with Crippen molar-refractivity contribution in [1.82, 2.24) is 4.98 Å². The van der Waals surface area contributed by atoms with E-state index >= 15 is 0 Å². The predicted molar refractivity (Wildman–Crippen MR) is 39.5 cm³/mol. The molecule has 0 saturated heterocycles. The van der Waals surface area contributed by atoms with Crippen LogP contribution in [-0.2, 0) is 5.92 Å². The van der Waals surface area contributed by atoms with Gasteiger partial charge in [0, 0.05) is 30.8 Å². The van der Waals surface area contributed by atoms with E-state index in [1.807, 2.05) is 0 Å². The van der Waals surface area contributed by atoms with Crippen LogP contribution in [0.25, 0.3) is 0 Å². The Balaban J connectivity index is 2.67. The Bertz CT molecular complexity index is 272. The van der Waals surface area contributed by atoms with E-state index in [0.29, 0.717) is 0 Å². The summed E-state index contributed by atoms with van der Waals surface area (Å²) in [5.41, 5.74) is -0.0576. The van der Waals surface area contributed by atoms with Crippen LogP contribution in [0.1, 0.15) is 18.4 Å². The summed E-state index contributed by atoms with van der Waals surface area (Å²) in [5.74, 6) is -2.88. The number of hydrogen-bond acceptors (Lipinski definition) is 1. The zero-order valence-corrected chi connectivity index (χ0v) is 6.35. The zero-order valence-electron chi connectivity index (χ0n) is 6.35. The van der Waals surface area contributed by atoms with Crippen molar-refractivity contribution in [2.45, 2.75) is 18.8 Å². The lowest BCUT2D eigenvalue weighted by molar-refractivity contribution is -0.0118. The maximum Gasteiger partial charge on any atom is 0.275 e. The van der Waals surface area contributed by atoms with Crippen LogP contribution in [0.15, 0.2) is 18.5 Å². The molecule has 0 radical (unpaired) electrons. The second-order valence-corrected chi connectivity index (χ2v) is 2.46. The smallest absolute Gasteiger partial charge is 0.275 e. The van der Waals surface area contributed by atoms with E-state index in [1.54, 1.807) is 6.07 Å². The Kier molecular flexibility index (Phi) is 2.44. The highest BCUT2D eigenvalue weighted by Crippen LogP contribution is 2.32. The molecule has 0 aliphatic heterocycles. The molecule has 12 heavy (non-hydrogen) atoms. The maximum atomic E-state index is 13.0. The first-order valence-corrected chi connectivity index (χ1v) is 3.55. The lowest BCUT2D eigenvalue weighted by atomic mass is 10.1. The van der Waals surface area contributed by atoms with E-state index in [9.17, 15) is 8.78 Å². The van der Waals surface area contributed by atoms with Crippen molar-refractivity contribution in [2.24, 2.45) is 0 Å². The summed E-state index contributed by atoms with van der Waals surface area (Å²) in [6, 6.07) is 3.01. The largest absolute Gasteiger partial charge is 0.367 e. The highest BCUT2D eigenvalue weighted by molar-refractivity contribution is 5.15. The zero-order chi connectivity index (χ0) is 9.03. The van der Waals surface area contributed by atoms with Crippen molar-refractivity contribution >= 4 is 0 Å². The lowest BCUT2D eigenvalue weighted by Crippen LogP contribution is -2.11. The van der Waals surface area contributed by atoms with E-state index in [0.717, 1.165) is 0 Å². The molecule has 0 saturated carbocycles. The number of hydrogen-bond donors (Lipinski definition) is 1. The molecule has 0 amide bonds. The van der Waals surface area contributed by atoms with E-state index in [4.69, 9.17) is 5.26 Å². The van der Waals surface area contributed by atoms with Crippen LogP contribution in [-0.4, -0.2) is 4.98 Å². The first-order valence-electron chi connectivity index (χ1n) is 3.55. The fraction of sp³-hybridized carbons (Fsp3) is 0.375. The first kappa shape index (κ1) is 8.72. The minimum absolute atomic E-state index is 0.0576. The molecular formula is C8H8F2N2. The molecule has 1 aromatic heterocycles. The van der Waals surface area contributed by atoms with Gasteiger partial charge < -0.3 is 4.98 Å². The lowest BCUT2D eigenvalue weighted by Gasteiger charge is -2.11. The molecule has 2 nitrogen and oxygen atoms in total. The van der Waals surface area contributed by atoms with Crippen molar-refractivity contribution in [1.29, 1.82) is 5.26 Å². The molecule has 1 heterocycles. The molecule has 0 atom stereocenters. The number of alkyl halides is 2. The summed E-state index contributed by atoms with van der Waals surface area (Å²) in [5, 5.41) is 8.14. The molecule has 1 rings (SSSR count). The molecule has 4 heteroatoms. The number of aromatic nitrogens is 1. The van der Waals surface area contributed by atoms with Gasteiger partial charge in [0.25, 0.3) is 5.92 Å². The molecule has 0 aliphatic rings. The summed E-state index contributed by atoms with van der Waals surface area (Å²) in [7, 11) is 0. The fourth-order valence-electron chi connectivity index (χ4n) is 0.909. The topological polar surface area (TPSA) is 39.6 Å². The number of nitrogens with one attached hydrogen (secondary N) is 1. The third-order valence-corrected chi connectivity index (χ3v) is 1.57. The summed E-state index contributed by atoms with van der Waals surface area (Å²) < 4.78 is 26.0. The average molecular weight is 170 g/mol. The average Bonchev–Trinajstić information content (AvgIpc) is 2.53. The fourth-order valence-corrected chi connectivity index (χ4v) is 0.909. The molecule has 0 spiro atoms.